The number of rotatable bonds is 5. The minimum atomic E-state index is -0.00274. The lowest BCUT2D eigenvalue weighted by Gasteiger charge is -2.27. The Bertz CT molecular complexity index is 910. The molecule has 6 nitrogen and oxygen atoms in total. The fourth-order valence-corrected chi connectivity index (χ4v) is 3.74. The van der Waals surface area contributed by atoms with Gasteiger partial charge in [-0.05, 0) is 42.9 Å². The Labute approximate surface area is 152 Å². The zero-order valence-electron chi connectivity index (χ0n) is 14.9. The molecule has 134 valence electrons. The number of anilines is 1. The monoisotopic (exact) mass is 349 g/mol. The molecule has 1 aliphatic rings. The van der Waals surface area contributed by atoms with Gasteiger partial charge in [0.15, 0.2) is 0 Å². The summed E-state index contributed by atoms with van der Waals surface area (Å²) in [6.07, 6.45) is 7.89. The number of aromatic nitrogens is 4. The summed E-state index contributed by atoms with van der Waals surface area (Å²) in [5.74, 6) is 0.763. The number of nitrogens with zero attached hydrogens (tertiary/aromatic N) is 4. The number of aryl methyl sites for hydroxylation is 3. The van der Waals surface area contributed by atoms with Gasteiger partial charge in [0.1, 0.15) is 5.82 Å². The van der Waals surface area contributed by atoms with E-state index < -0.39 is 0 Å². The van der Waals surface area contributed by atoms with Crippen molar-refractivity contribution in [3.63, 3.8) is 0 Å². The zero-order chi connectivity index (χ0) is 17.9. The summed E-state index contributed by atoms with van der Waals surface area (Å²) in [6.45, 7) is 0. The second kappa shape index (κ2) is 7.15. The van der Waals surface area contributed by atoms with Crippen molar-refractivity contribution >= 4 is 11.7 Å². The molecule has 2 heterocycles. The van der Waals surface area contributed by atoms with Crippen LogP contribution in [-0.4, -0.2) is 25.5 Å². The maximum atomic E-state index is 12.4. The molecule has 1 aromatic carbocycles. The third-order valence-corrected chi connectivity index (χ3v) is 5.10. The van der Waals surface area contributed by atoms with Crippen LogP contribution >= 0.6 is 0 Å². The minimum absolute atomic E-state index is 0.00274. The highest BCUT2D eigenvalue weighted by molar-refractivity contribution is 5.90. The molecular formula is C20H23N5O. The van der Waals surface area contributed by atoms with Crippen molar-refractivity contribution in [1.29, 1.82) is 0 Å². The van der Waals surface area contributed by atoms with Gasteiger partial charge in [-0.25, -0.2) is 4.68 Å². The number of benzene rings is 1. The van der Waals surface area contributed by atoms with Crippen LogP contribution < -0.4 is 5.32 Å². The van der Waals surface area contributed by atoms with Crippen LogP contribution in [0.5, 0.6) is 0 Å². The molecule has 4 rings (SSSR count). The summed E-state index contributed by atoms with van der Waals surface area (Å²) in [4.78, 5) is 12.4. The van der Waals surface area contributed by atoms with Gasteiger partial charge in [0.2, 0.25) is 5.91 Å². The van der Waals surface area contributed by atoms with Crippen LogP contribution in [0.4, 0.5) is 5.82 Å². The van der Waals surface area contributed by atoms with Gasteiger partial charge < -0.3 is 5.32 Å². The third-order valence-electron chi connectivity index (χ3n) is 5.10. The van der Waals surface area contributed by atoms with Crippen LogP contribution in [0, 0.1) is 0 Å². The van der Waals surface area contributed by atoms with E-state index >= 15 is 0 Å². The van der Waals surface area contributed by atoms with Crippen molar-refractivity contribution in [3.05, 3.63) is 65.6 Å². The lowest BCUT2D eigenvalue weighted by Crippen LogP contribution is -2.22. The zero-order valence-corrected chi connectivity index (χ0v) is 14.9. The third kappa shape index (κ3) is 3.27. The molecule has 6 heteroatoms. The Kier molecular flexibility index (Phi) is 4.56. The van der Waals surface area contributed by atoms with E-state index in [0.717, 1.165) is 30.8 Å². The largest absolute Gasteiger partial charge is 0.311 e. The Balaban J connectivity index is 1.48. The van der Waals surface area contributed by atoms with Crippen LogP contribution in [0.2, 0.25) is 0 Å². The number of carbonyl (C=O) groups excluding carboxylic acids is 1. The quantitative estimate of drug-likeness (QED) is 0.770. The summed E-state index contributed by atoms with van der Waals surface area (Å²) in [5, 5.41) is 11.7. The predicted molar refractivity (Wildman–Crippen MR) is 99.9 cm³/mol. The van der Waals surface area contributed by atoms with E-state index in [1.165, 1.54) is 11.1 Å². The highest BCUT2D eigenvalue weighted by Gasteiger charge is 2.24. The molecule has 0 aliphatic heterocycles. The van der Waals surface area contributed by atoms with Gasteiger partial charge in [0, 0.05) is 31.4 Å². The van der Waals surface area contributed by atoms with Crippen LogP contribution in [0.15, 0.2) is 48.8 Å². The first kappa shape index (κ1) is 16.6. The van der Waals surface area contributed by atoms with Gasteiger partial charge in [0.25, 0.3) is 0 Å². The highest BCUT2D eigenvalue weighted by Crippen LogP contribution is 2.34. The van der Waals surface area contributed by atoms with Gasteiger partial charge in [-0.3, -0.25) is 9.48 Å². The summed E-state index contributed by atoms with van der Waals surface area (Å²) < 4.78 is 3.76. The maximum absolute atomic E-state index is 12.4. The van der Waals surface area contributed by atoms with Crippen LogP contribution in [-0.2, 0) is 24.7 Å². The lowest BCUT2D eigenvalue weighted by atomic mass is 9.88. The van der Waals surface area contributed by atoms with Gasteiger partial charge >= 0.3 is 0 Å². The molecule has 1 atom stereocenters. The number of hydrogen-bond acceptors (Lipinski definition) is 3. The number of hydrogen-bond donors (Lipinski definition) is 1. The lowest BCUT2D eigenvalue weighted by molar-refractivity contribution is -0.116. The second-order valence-electron chi connectivity index (χ2n) is 6.76. The predicted octanol–water partition coefficient (Wildman–Crippen LogP) is 3.11. The molecule has 0 bridgehead atoms. The fraction of sp³-hybridized carbons (Fsp3) is 0.350. The average molecular weight is 349 g/mol. The number of carbonyl (C=O) groups is 1. The highest BCUT2D eigenvalue weighted by atomic mass is 16.1. The first-order valence-corrected chi connectivity index (χ1v) is 9.10. The molecular weight excluding hydrogens is 326 g/mol. The van der Waals surface area contributed by atoms with Crippen molar-refractivity contribution in [2.24, 2.45) is 7.05 Å². The van der Waals surface area contributed by atoms with Crippen molar-refractivity contribution in [2.45, 2.75) is 38.1 Å². The van der Waals surface area contributed by atoms with E-state index in [9.17, 15) is 4.79 Å². The van der Waals surface area contributed by atoms with E-state index in [2.05, 4.69) is 39.8 Å². The number of amides is 1. The smallest absolute Gasteiger partial charge is 0.225 e. The topological polar surface area (TPSA) is 64.7 Å². The van der Waals surface area contributed by atoms with Crippen molar-refractivity contribution in [2.75, 3.05) is 5.32 Å². The molecule has 1 unspecified atom stereocenters. The average Bonchev–Trinajstić information content (AvgIpc) is 3.28. The summed E-state index contributed by atoms with van der Waals surface area (Å²) in [6, 6.07) is 12.5. The molecule has 26 heavy (non-hydrogen) atoms. The molecule has 0 saturated heterocycles. The van der Waals surface area contributed by atoms with Crippen LogP contribution in [0.1, 0.15) is 42.1 Å². The Morgan fingerprint density at radius 1 is 1.19 bits per heavy atom. The van der Waals surface area contributed by atoms with Gasteiger partial charge in [-0.1, -0.05) is 24.3 Å². The standard InChI is InChI=1S/C20H23N5O/c1-24-16(11-13-21-24)9-10-20(26)23-19-12-14-22-25(19)18-8-4-6-15-5-2-3-7-17(15)18/h2-3,5,7,11-14,18H,4,6,8-10H2,1H3,(H,23,26). The first-order valence-electron chi connectivity index (χ1n) is 9.10. The Morgan fingerprint density at radius 3 is 2.88 bits per heavy atom. The van der Waals surface area contributed by atoms with Gasteiger partial charge in [-0.15, -0.1) is 0 Å². The maximum Gasteiger partial charge on any atom is 0.225 e. The molecule has 1 amide bonds. The van der Waals surface area contributed by atoms with Crippen LogP contribution in [0.3, 0.4) is 0 Å². The molecule has 0 spiro atoms. The fourth-order valence-electron chi connectivity index (χ4n) is 3.74. The van der Waals surface area contributed by atoms with Gasteiger partial charge in [0.05, 0.1) is 12.2 Å². The molecule has 0 fully saturated rings. The molecule has 1 aliphatic carbocycles. The van der Waals surface area contributed by atoms with Gasteiger partial charge in [-0.2, -0.15) is 10.2 Å². The Hall–Kier alpha value is -2.89. The van der Waals surface area contributed by atoms with E-state index in [4.69, 9.17) is 0 Å². The number of fused-ring (bicyclic) bond motifs is 1. The van der Waals surface area contributed by atoms with Crippen molar-refractivity contribution in [3.8, 4) is 0 Å². The first-order chi connectivity index (χ1) is 12.7. The minimum Gasteiger partial charge on any atom is -0.311 e. The van der Waals surface area contributed by atoms with E-state index in [-0.39, 0.29) is 11.9 Å². The molecule has 2 aromatic heterocycles. The summed E-state index contributed by atoms with van der Waals surface area (Å²) in [7, 11) is 1.89. The van der Waals surface area contributed by atoms with Crippen molar-refractivity contribution in [1.82, 2.24) is 19.6 Å². The molecule has 0 radical (unpaired) electrons. The molecule has 0 saturated carbocycles. The molecule has 3 aromatic rings. The summed E-state index contributed by atoms with van der Waals surface area (Å²) >= 11 is 0. The Morgan fingerprint density at radius 2 is 2.04 bits per heavy atom. The SMILES string of the molecule is Cn1nccc1CCC(=O)Nc1ccnn1C1CCCc2ccccc21. The number of nitrogens with one attached hydrogen (secondary N) is 1. The molecule has 1 N–H and O–H groups in total. The van der Waals surface area contributed by atoms with Crippen LogP contribution in [0.25, 0.3) is 0 Å². The van der Waals surface area contributed by atoms with E-state index in [0.29, 0.717) is 12.8 Å². The van der Waals surface area contributed by atoms with E-state index in [1.807, 2.05) is 23.9 Å². The second-order valence-corrected chi connectivity index (χ2v) is 6.76. The normalized spacial score (nSPS) is 16.3. The summed E-state index contributed by atoms with van der Waals surface area (Å²) in [5.41, 5.74) is 3.75. The van der Waals surface area contributed by atoms with E-state index in [1.54, 1.807) is 17.1 Å². The van der Waals surface area contributed by atoms with Crippen molar-refractivity contribution < 1.29 is 4.79 Å².